The molecular weight excluding hydrogens is 263 g/mol. The molecular formula is C17H23N2P. The molecule has 0 bridgehead atoms. The van der Waals surface area contributed by atoms with Gasteiger partial charge in [-0.2, -0.15) is 0 Å². The molecule has 3 heteroatoms. The Balaban J connectivity index is 1.90. The van der Waals surface area contributed by atoms with Crippen LogP contribution < -0.4 is 5.32 Å². The summed E-state index contributed by atoms with van der Waals surface area (Å²) in [7, 11) is 2.86. The summed E-state index contributed by atoms with van der Waals surface area (Å²) in [5.74, 6) is 0.972. The first kappa shape index (κ1) is 15.2. The van der Waals surface area contributed by atoms with Crippen LogP contribution in [0.15, 0.2) is 48.8 Å². The number of nitrogens with zero attached hydrogens (tertiary/aromatic N) is 1. The Morgan fingerprint density at radius 1 is 1.10 bits per heavy atom. The van der Waals surface area contributed by atoms with Crippen LogP contribution in [0.1, 0.15) is 36.3 Å². The Hall–Kier alpha value is -1.24. The second-order valence-corrected chi connectivity index (χ2v) is 6.23. The third-order valence-electron chi connectivity index (χ3n) is 3.23. The van der Waals surface area contributed by atoms with Crippen molar-refractivity contribution < 1.29 is 0 Å². The molecule has 0 saturated heterocycles. The van der Waals surface area contributed by atoms with E-state index in [0.717, 1.165) is 13.0 Å². The minimum absolute atomic E-state index is 0.267. The second-order valence-electron chi connectivity index (χ2n) is 5.56. The van der Waals surface area contributed by atoms with Gasteiger partial charge in [0.05, 0.1) is 0 Å². The summed E-state index contributed by atoms with van der Waals surface area (Å²) >= 11 is 0. The fraction of sp³-hybridized carbons (Fsp3) is 0.353. The van der Waals surface area contributed by atoms with Gasteiger partial charge >= 0.3 is 0 Å². The zero-order chi connectivity index (χ0) is 14.4. The number of pyridine rings is 1. The van der Waals surface area contributed by atoms with Gasteiger partial charge in [0.15, 0.2) is 0 Å². The summed E-state index contributed by atoms with van der Waals surface area (Å²) in [5.41, 5.74) is 3.91. The predicted molar refractivity (Wildman–Crippen MR) is 88.5 cm³/mol. The van der Waals surface area contributed by atoms with Crippen molar-refractivity contribution in [3.05, 3.63) is 65.5 Å². The van der Waals surface area contributed by atoms with Crippen molar-refractivity contribution in [2.24, 2.45) is 5.92 Å². The third kappa shape index (κ3) is 4.70. The first-order valence-corrected chi connectivity index (χ1v) is 7.78. The van der Waals surface area contributed by atoms with E-state index >= 15 is 0 Å². The topological polar surface area (TPSA) is 24.9 Å². The standard InChI is InChI=1S/C17H23N2P/c1-13(2)10-14-5-7-16(8-6-14)17(20)19-12-15-4-3-9-18-11-15/h3-9,11,13,17,19H,10,12,20H2,1-2H3. The van der Waals surface area contributed by atoms with Crippen LogP contribution in [0.5, 0.6) is 0 Å². The van der Waals surface area contributed by atoms with Gasteiger partial charge in [0, 0.05) is 24.7 Å². The Kier molecular flexibility index (Phi) is 5.70. The molecule has 2 aromatic rings. The number of nitrogens with one attached hydrogen (secondary N) is 1. The Labute approximate surface area is 124 Å². The third-order valence-corrected chi connectivity index (χ3v) is 3.85. The molecule has 0 saturated carbocycles. The number of aromatic nitrogens is 1. The fourth-order valence-corrected chi connectivity index (χ4v) is 2.52. The van der Waals surface area contributed by atoms with Crippen molar-refractivity contribution >= 4 is 9.24 Å². The molecule has 2 rings (SSSR count). The van der Waals surface area contributed by atoms with E-state index in [2.05, 4.69) is 63.7 Å². The van der Waals surface area contributed by atoms with Crippen LogP contribution in [0.25, 0.3) is 0 Å². The van der Waals surface area contributed by atoms with Crippen LogP contribution in [0.4, 0.5) is 0 Å². The van der Waals surface area contributed by atoms with E-state index in [-0.39, 0.29) is 5.78 Å². The summed E-state index contributed by atoms with van der Waals surface area (Å²) in [6.45, 7) is 5.33. The van der Waals surface area contributed by atoms with Crippen molar-refractivity contribution in [3.8, 4) is 0 Å². The van der Waals surface area contributed by atoms with Gasteiger partial charge in [-0.05, 0) is 35.1 Å². The number of benzene rings is 1. The van der Waals surface area contributed by atoms with Crippen LogP contribution in [0.3, 0.4) is 0 Å². The van der Waals surface area contributed by atoms with Crippen LogP contribution in [-0.2, 0) is 13.0 Å². The first-order chi connectivity index (χ1) is 9.65. The molecule has 2 atom stereocenters. The minimum atomic E-state index is 0.267. The van der Waals surface area contributed by atoms with Gasteiger partial charge in [-0.3, -0.25) is 4.98 Å². The first-order valence-electron chi connectivity index (χ1n) is 7.12. The summed E-state index contributed by atoms with van der Waals surface area (Å²) in [6.07, 6.45) is 4.84. The van der Waals surface area contributed by atoms with Gasteiger partial charge in [-0.1, -0.05) is 44.2 Å². The van der Waals surface area contributed by atoms with Crippen molar-refractivity contribution in [2.45, 2.75) is 32.6 Å². The van der Waals surface area contributed by atoms with Crippen molar-refractivity contribution in [2.75, 3.05) is 0 Å². The normalized spacial score (nSPS) is 12.6. The maximum absolute atomic E-state index is 4.13. The smallest absolute Gasteiger partial charge is 0.0466 e. The molecule has 1 heterocycles. The number of hydrogen-bond donors (Lipinski definition) is 1. The molecule has 20 heavy (non-hydrogen) atoms. The highest BCUT2D eigenvalue weighted by Crippen LogP contribution is 2.21. The van der Waals surface area contributed by atoms with Crippen LogP contribution in [0, 0.1) is 5.92 Å². The highest BCUT2D eigenvalue weighted by Gasteiger charge is 2.05. The average molecular weight is 286 g/mol. The van der Waals surface area contributed by atoms with Gasteiger partial charge in [0.1, 0.15) is 0 Å². The molecule has 2 nitrogen and oxygen atoms in total. The molecule has 0 fully saturated rings. The lowest BCUT2D eigenvalue weighted by atomic mass is 10.0. The van der Waals surface area contributed by atoms with E-state index in [4.69, 9.17) is 0 Å². The van der Waals surface area contributed by atoms with Crippen molar-refractivity contribution in [1.82, 2.24) is 10.3 Å². The molecule has 2 unspecified atom stereocenters. The van der Waals surface area contributed by atoms with E-state index in [1.807, 2.05) is 12.3 Å². The lowest BCUT2D eigenvalue weighted by Gasteiger charge is -2.15. The van der Waals surface area contributed by atoms with Gasteiger partial charge < -0.3 is 5.32 Å². The van der Waals surface area contributed by atoms with E-state index in [1.165, 1.54) is 16.7 Å². The number of rotatable bonds is 6. The summed E-state index contributed by atoms with van der Waals surface area (Å²) in [5, 5.41) is 3.50. The largest absolute Gasteiger partial charge is 0.303 e. The zero-order valence-electron chi connectivity index (χ0n) is 12.2. The molecule has 0 amide bonds. The summed E-state index contributed by atoms with van der Waals surface area (Å²) < 4.78 is 0. The quantitative estimate of drug-likeness (QED) is 0.813. The molecule has 1 N–H and O–H groups in total. The second kappa shape index (κ2) is 7.52. The lowest BCUT2D eigenvalue weighted by molar-refractivity contribution is 0.645. The van der Waals surface area contributed by atoms with Gasteiger partial charge in [0.25, 0.3) is 0 Å². The van der Waals surface area contributed by atoms with Crippen LogP contribution in [0.2, 0.25) is 0 Å². The van der Waals surface area contributed by atoms with Gasteiger partial charge in [0.2, 0.25) is 0 Å². The van der Waals surface area contributed by atoms with Crippen LogP contribution >= 0.6 is 9.24 Å². The molecule has 1 aromatic heterocycles. The summed E-state index contributed by atoms with van der Waals surface area (Å²) in [6, 6.07) is 13.0. The molecule has 106 valence electrons. The Morgan fingerprint density at radius 2 is 1.85 bits per heavy atom. The maximum Gasteiger partial charge on any atom is 0.0466 e. The Morgan fingerprint density at radius 3 is 2.45 bits per heavy atom. The SMILES string of the molecule is CC(C)Cc1ccc(C(P)NCc2cccnc2)cc1. The van der Waals surface area contributed by atoms with E-state index in [0.29, 0.717) is 5.92 Å². The fourth-order valence-electron chi connectivity index (χ4n) is 2.18. The van der Waals surface area contributed by atoms with E-state index in [1.54, 1.807) is 6.20 Å². The molecule has 0 radical (unpaired) electrons. The van der Waals surface area contributed by atoms with E-state index in [9.17, 15) is 0 Å². The molecule has 1 aromatic carbocycles. The van der Waals surface area contributed by atoms with Crippen molar-refractivity contribution in [3.63, 3.8) is 0 Å². The predicted octanol–water partition coefficient (Wildman–Crippen LogP) is 3.94. The molecule has 0 aliphatic rings. The Bertz CT molecular complexity index is 508. The maximum atomic E-state index is 4.13. The molecule has 0 spiro atoms. The zero-order valence-corrected chi connectivity index (χ0v) is 13.4. The molecule has 0 aliphatic carbocycles. The highest BCUT2D eigenvalue weighted by molar-refractivity contribution is 7.17. The minimum Gasteiger partial charge on any atom is -0.303 e. The molecule has 0 aliphatic heterocycles. The van der Waals surface area contributed by atoms with Gasteiger partial charge in [-0.25, -0.2) is 0 Å². The monoisotopic (exact) mass is 286 g/mol. The summed E-state index contributed by atoms with van der Waals surface area (Å²) in [4.78, 5) is 4.13. The van der Waals surface area contributed by atoms with E-state index < -0.39 is 0 Å². The average Bonchev–Trinajstić information content (AvgIpc) is 2.46. The van der Waals surface area contributed by atoms with Crippen molar-refractivity contribution in [1.29, 1.82) is 0 Å². The van der Waals surface area contributed by atoms with Gasteiger partial charge in [-0.15, -0.1) is 9.24 Å². The van der Waals surface area contributed by atoms with Crippen LogP contribution in [-0.4, -0.2) is 4.98 Å². The number of hydrogen-bond acceptors (Lipinski definition) is 2. The lowest BCUT2D eigenvalue weighted by Crippen LogP contribution is -2.15. The highest BCUT2D eigenvalue weighted by atomic mass is 31.0.